The largest absolute Gasteiger partial charge is 0.385 e. The van der Waals surface area contributed by atoms with Crippen molar-refractivity contribution in [2.75, 3.05) is 13.2 Å². The van der Waals surface area contributed by atoms with E-state index in [-0.39, 0.29) is 18.6 Å². The molecule has 2 unspecified atom stereocenters. The van der Waals surface area contributed by atoms with E-state index in [0.717, 1.165) is 11.1 Å². The smallest absolute Gasteiger partial charge is 0.251 e. The summed E-state index contributed by atoms with van der Waals surface area (Å²) in [5.74, 6) is -0.148. The Morgan fingerprint density at radius 1 is 1.53 bits per heavy atom. The van der Waals surface area contributed by atoms with Crippen LogP contribution in [0.1, 0.15) is 34.8 Å². The second kappa shape index (κ2) is 5.31. The minimum absolute atomic E-state index is 0.148. The molecule has 19 heavy (non-hydrogen) atoms. The molecule has 0 bridgehead atoms. The van der Waals surface area contributed by atoms with Gasteiger partial charge in [0, 0.05) is 25.1 Å². The minimum atomic E-state index is -0.950. The number of aryl methyl sites for hydroxylation is 2. The first-order chi connectivity index (χ1) is 8.92. The van der Waals surface area contributed by atoms with Crippen molar-refractivity contribution >= 4 is 5.91 Å². The lowest BCUT2D eigenvalue weighted by Crippen LogP contribution is -2.47. The van der Waals surface area contributed by atoms with Crippen molar-refractivity contribution in [3.63, 3.8) is 0 Å². The molecule has 1 saturated heterocycles. The Labute approximate surface area is 113 Å². The normalized spacial score (nSPS) is 26.4. The van der Waals surface area contributed by atoms with Gasteiger partial charge in [0.15, 0.2) is 0 Å². The van der Waals surface area contributed by atoms with Crippen LogP contribution in [0.3, 0.4) is 0 Å². The van der Waals surface area contributed by atoms with E-state index < -0.39 is 5.60 Å². The highest BCUT2D eigenvalue weighted by atomic mass is 16.5. The van der Waals surface area contributed by atoms with Crippen LogP contribution in [0.4, 0.5) is 0 Å². The number of hydrogen-bond acceptors (Lipinski definition) is 3. The first-order valence-electron chi connectivity index (χ1n) is 6.62. The number of benzene rings is 1. The molecule has 1 aliphatic rings. The van der Waals surface area contributed by atoms with E-state index in [1.807, 2.05) is 39.0 Å². The predicted molar refractivity (Wildman–Crippen MR) is 73.2 cm³/mol. The third-order valence-electron chi connectivity index (χ3n) is 3.84. The van der Waals surface area contributed by atoms with Gasteiger partial charge < -0.3 is 15.2 Å². The average Bonchev–Trinajstić information content (AvgIpc) is 2.67. The maximum absolute atomic E-state index is 12.1. The van der Waals surface area contributed by atoms with Gasteiger partial charge in [0.05, 0.1) is 6.10 Å². The molecule has 2 rings (SSSR count). The number of carbonyl (C=O) groups is 1. The van der Waals surface area contributed by atoms with E-state index >= 15 is 0 Å². The molecule has 1 heterocycles. The summed E-state index contributed by atoms with van der Waals surface area (Å²) in [6.07, 6.45) is 0.313. The summed E-state index contributed by atoms with van der Waals surface area (Å²) in [6, 6.07) is 5.71. The van der Waals surface area contributed by atoms with E-state index in [1.165, 1.54) is 0 Å². The second-order valence-electron chi connectivity index (χ2n) is 5.37. The van der Waals surface area contributed by atoms with Gasteiger partial charge >= 0.3 is 0 Å². The van der Waals surface area contributed by atoms with E-state index in [0.29, 0.717) is 18.6 Å². The lowest BCUT2D eigenvalue weighted by molar-refractivity contribution is -0.0251. The summed E-state index contributed by atoms with van der Waals surface area (Å²) >= 11 is 0. The zero-order valence-electron chi connectivity index (χ0n) is 11.7. The predicted octanol–water partition coefficient (Wildman–Crippen LogP) is 1.57. The molecule has 0 spiro atoms. The Morgan fingerprint density at radius 3 is 2.84 bits per heavy atom. The standard InChI is InChI=1S/C15H21NO3/c1-10-4-5-13(11(2)8-10)14(17)16-9-15(18)6-7-19-12(15)3/h4-5,8,12,18H,6-7,9H2,1-3H3,(H,16,17). The van der Waals surface area contributed by atoms with Crippen LogP contribution in [-0.2, 0) is 4.74 Å². The highest BCUT2D eigenvalue weighted by molar-refractivity contribution is 5.95. The van der Waals surface area contributed by atoms with E-state index in [4.69, 9.17) is 4.74 Å². The molecular formula is C15H21NO3. The molecule has 1 aliphatic heterocycles. The van der Waals surface area contributed by atoms with Gasteiger partial charge in [-0.3, -0.25) is 4.79 Å². The molecule has 0 aliphatic carbocycles. The van der Waals surface area contributed by atoms with E-state index in [9.17, 15) is 9.90 Å². The summed E-state index contributed by atoms with van der Waals surface area (Å²) in [4.78, 5) is 12.1. The zero-order valence-corrected chi connectivity index (χ0v) is 11.7. The van der Waals surface area contributed by atoms with Gasteiger partial charge in [0.1, 0.15) is 5.60 Å². The molecule has 1 amide bonds. The third-order valence-corrected chi connectivity index (χ3v) is 3.84. The lowest BCUT2D eigenvalue weighted by Gasteiger charge is -2.26. The van der Waals surface area contributed by atoms with Crippen LogP contribution in [0.15, 0.2) is 18.2 Å². The van der Waals surface area contributed by atoms with Crippen LogP contribution in [-0.4, -0.2) is 35.9 Å². The molecule has 2 atom stereocenters. The number of rotatable bonds is 3. The fraction of sp³-hybridized carbons (Fsp3) is 0.533. The maximum atomic E-state index is 12.1. The van der Waals surface area contributed by atoms with Crippen LogP contribution in [0.2, 0.25) is 0 Å². The molecular weight excluding hydrogens is 242 g/mol. The van der Waals surface area contributed by atoms with Gasteiger partial charge in [-0.15, -0.1) is 0 Å². The molecule has 0 saturated carbocycles. The van der Waals surface area contributed by atoms with Gasteiger partial charge in [-0.1, -0.05) is 17.7 Å². The first kappa shape index (κ1) is 14.0. The summed E-state index contributed by atoms with van der Waals surface area (Å²) in [6.45, 7) is 6.50. The molecule has 104 valence electrons. The topological polar surface area (TPSA) is 58.6 Å². The molecule has 4 nitrogen and oxygen atoms in total. The minimum Gasteiger partial charge on any atom is -0.385 e. The molecule has 1 fully saturated rings. The summed E-state index contributed by atoms with van der Waals surface area (Å²) in [5, 5.41) is 13.1. The Bertz CT molecular complexity index is 486. The second-order valence-corrected chi connectivity index (χ2v) is 5.37. The number of nitrogens with one attached hydrogen (secondary N) is 1. The Balaban J connectivity index is 2.02. The maximum Gasteiger partial charge on any atom is 0.251 e. The molecule has 0 aromatic heterocycles. The number of carbonyl (C=O) groups excluding carboxylic acids is 1. The Kier molecular flexibility index (Phi) is 3.92. The monoisotopic (exact) mass is 263 g/mol. The van der Waals surface area contributed by atoms with Crippen molar-refractivity contribution in [1.82, 2.24) is 5.32 Å². The van der Waals surface area contributed by atoms with Crippen molar-refractivity contribution in [2.45, 2.75) is 38.9 Å². The van der Waals surface area contributed by atoms with Gasteiger partial charge in [-0.2, -0.15) is 0 Å². The van der Waals surface area contributed by atoms with Crippen molar-refractivity contribution in [1.29, 1.82) is 0 Å². The fourth-order valence-electron chi connectivity index (χ4n) is 2.40. The van der Waals surface area contributed by atoms with Crippen LogP contribution in [0, 0.1) is 13.8 Å². The average molecular weight is 263 g/mol. The molecule has 4 heteroatoms. The van der Waals surface area contributed by atoms with Crippen LogP contribution in [0.5, 0.6) is 0 Å². The molecule has 1 aromatic rings. The zero-order chi connectivity index (χ0) is 14.0. The van der Waals surface area contributed by atoms with Crippen molar-refractivity contribution in [2.24, 2.45) is 0 Å². The van der Waals surface area contributed by atoms with Crippen molar-refractivity contribution in [3.05, 3.63) is 34.9 Å². The fourth-order valence-corrected chi connectivity index (χ4v) is 2.40. The first-order valence-corrected chi connectivity index (χ1v) is 6.62. The summed E-state index contributed by atoms with van der Waals surface area (Å²) in [5.41, 5.74) is 1.78. The van der Waals surface area contributed by atoms with Crippen molar-refractivity contribution in [3.8, 4) is 0 Å². The van der Waals surface area contributed by atoms with E-state index in [1.54, 1.807) is 0 Å². The van der Waals surface area contributed by atoms with Crippen molar-refractivity contribution < 1.29 is 14.6 Å². The van der Waals surface area contributed by atoms with Gasteiger partial charge in [0.2, 0.25) is 0 Å². The molecule has 0 radical (unpaired) electrons. The van der Waals surface area contributed by atoms with Crippen LogP contribution >= 0.6 is 0 Å². The SMILES string of the molecule is Cc1ccc(C(=O)NCC2(O)CCOC2C)c(C)c1. The molecule has 2 N–H and O–H groups in total. The quantitative estimate of drug-likeness (QED) is 0.870. The number of amides is 1. The number of hydrogen-bond donors (Lipinski definition) is 2. The van der Waals surface area contributed by atoms with Crippen LogP contribution in [0.25, 0.3) is 0 Å². The Morgan fingerprint density at radius 2 is 2.26 bits per heavy atom. The number of aliphatic hydroxyl groups is 1. The van der Waals surface area contributed by atoms with Crippen LogP contribution < -0.4 is 5.32 Å². The number of ether oxygens (including phenoxy) is 1. The summed E-state index contributed by atoms with van der Waals surface area (Å²) in [7, 11) is 0. The highest BCUT2D eigenvalue weighted by Gasteiger charge is 2.39. The van der Waals surface area contributed by atoms with E-state index in [2.05, 4.69) is 5.32 Å². The van der Waals surface area contributed by atoms with Gasteiger partial charge in [-0.05, 0) is 32.4 Å². The third kappa shape index (κ3) is 2.96. The lowest BCUT2D eigenvalue weighted by atomic mass is 9.96. The summed E-state index contributed by atoms with van der Waals surface area (Å²) < 4.78 is 5.34. The van der Waals surface area contributed by atoms with Gasteiger partial charge in [0.25, 0.3) is 5.91 Å². The molecule has 1 aromatic carbocycles. The van der Waals surface area contributed by atoms with Gasteiger partial charge in [-0.25, -0.2) is 0 Å². The highest BCUT2D eigenvalue weighted by Crippen LogP contribution is 2.24. The Hall–Kier alpha value is -1.39.